The lowest BCUT2D eigenvalue weighted by molar-refractivity contribution is -0.386. The van der Waals surface area contributed by atoms with Gasteiger partial charge in [-0.15, -0.1) is 0 Å². The predicted molar refractivity (Wildman–Crippen MR) is 92.9 cm³/mol. The van der Waals surface area contributed by atoms with Crippen LogP contribution in [0.25, 0.3) is 10.8 Å². The molecule has 12 nitrogen and oxygen atoms in total. The first kappa shape index (κ1) is 20.7. The molecule has 148 valence electrons. The molecule has 28 heavy (non-hydrogen) atoms. The minimum Gasteiger partial charge on any atom is -0.481 e. The van der Waals surface area contributed by atoms with E-state index in [4.69, 9.17) is 10.2 Å². The second-order valence-electron chi connectivity index (χ2n) is 5.64. The van der Waals surface area contributed by atoms with Crippen LogP contribution in [0.4, 0.5) is 11.4 Å². The molecule has 2 aromatic rings. The number of sulfone groups is 1. The van der Waals surface area contributed by atoms with Crippen LogP contribution in [-0.2, 0) is 25.8 Å². The lowest BCUT2D eigenvalue weighted by atomic mass is 10.00. The second kappa shape index (κ2) is 7.56. The number of nitrogens with zero attached hydrogens (tertiary/aromatic N) is 2. The Bertz CT molecular complexity index is 1120. The van der Waals surface area contributed by atoms with Crippen LogP contribution in [-0.4, -0.2) is 46.2 Å². The van der Waals surface area contributed by atoms with E-state index in [9.17, 15) is 38.2 Å². The SMILES string of the molecule is O=C(O)CCc1ccc2c([N+](=O)[O-])c(S(=O)(=O)CC(=O)O)ccc2c1[N+](=O)[O-]. The maximum Gasteiger partial charge on any atom is 0.319 e. The summed E-state index contributed by atoms with van der Waals surface area (Å²) in [4.78, 5) is 41.7. The number of aryl methyl sites for hydroxylation is 1. The van der Waals surface area contributed by atoms with E-state index in [2.05, 4.69) is 0 Å². The molecule has 0 atom stereocenters. The van der Waals surface area contributed by atoms with E-state index in [1.165, 1.54) is 0 Å². The third kappa shape index (κ3) is 4.03. The Morgan fingerprint density at radius 2 is 1.43 bits per heavy atom. The van der Waals surface area contributed by atoms with E-state index in [1.54, 1.807) is 0 Å². The van der Waals surface area contributed by atoms with E-state index in [1.807, 2.05) is 0 Å². The number of rotatable bonds is 8. The van der Waals surface area contributed by atoms with Gasteiger partial charge in [-0.3, -0.25) is 29.8 Å². The van der Waals surface area contributed by atoms with E-state index in [0.717, 1.165) is 24.3 Å². The highest BCUT2D eigenvalue weighted by Crippen LogP contribution is 2.39. The number of carboxylic acids is 2. The highest BCUT2D eigenvalue weighted by atomic mass is 32.2. The van der Waals surface area contributed by atoms with Crippen molar-refractivity contribution in [3.8, 4) is 0 Å². The second-order valence-corrected chi connectivity index (χ2v) is 7.60. The maximum absolute atomic E-state index is 12.2. The lowest BCUT2D eigenvalue weighted by Gasteiger charge is -2.09. The molecule has 0 fully saturated rings. The van der Waals surface area contributed by atoms with Crippen LogP contribution in [0.5, 0.6) is 0 Å². The van der Waals surface area contributed by atoms with Crippen LogP contribution < -0.4 is 0 Å². The molecule has 0 amide bonds. The Kier molecular flexibility index (Phi) is 5.59. The van der Waals surface area contributed by atoms with Gasteiger partial charge < -0.3 is 10.2 Å². The number of nitro groups is 2. The summed E-state index contributed by atoms with van der Waals surface area (Å²) < 4.78 is 24.4. The molecule has 2 aromatic carbocycles. The number of carboxylic acid groups (broad SMARTS) is 2. The Hall–Kier alpha value is -3.61. The first-order valence-corrected chi connectivity index (χ1v) is 9.14. The van der Waals surface area contributed by atoms with Crippen LogP contribution in [0.1, 0.15) is 12.0 Å². The molecule has 0 saturated carbocycles. The molecule has 0 aromatic heterocycles. The molecule has 0 aliphatic heterocycles. The fraction of sp³-hybridized carbons (Fsp3) is 0.200. The number of fused-ring (bicyclic) bond motifs is 1. The normalized spacial score (nSPS) is 11.3. The van der Waals surface area contributed by atoms with Crippen molar-refractivity contribution in [3.05, 3.63) is 50.1 Å². The average Bonchev–Trinajstić information content (AvgIpc) is 2.56. The van der Waals surface area contributed by atoms with Crippen LogP contribution in [0.2, 0.25) is 0 Å². The highest BCUT2D eigenvalue weighted by Gasteiger charge is 2.32. The summed E-state index contributed by atoms with van der Waals surface area (Å²) in [6, 6.07) is 3.91. The molecular formula is C15H12N2O10S. The minimum atomic E-state index is -4.58. The number of aliphatic carboxylic acids is 2. The molecule has 2 rings (SSSR count). The Labute approximate surface area is 156 Å². The lowest BCUT2D eigenvalue weighted by Crippen LogP contribution is -2.16. The smallest absolute Gasteiger partial charge is 0.319 e. The van der Waals surface area contributed by atoms with E-state index < -0.39 is 60.1 Å². The zero-order chi connectivity index (χ0) is 21.2. The first-order valence-electron chi connectivity index (χ1n) is 7.49. The van der Waals surface area contributed by atoms with Crippen LogP contribution in [0.15, 0.2) is 29.2 Å². The third-order valence-corrected chi connectivity index (χ3v) is 5.44. The number of hydrogen-bond donors (Lipinski definition) is 2. The quantitative estimate of drug-likeness (QED) is 0.474. The summed E-state index contributed by atoms with van der Waals surface area (Å²) in [5, 5.41) is 39.8. The molecule has 0 spiro atoms. The summed E-state index contributed by atoms with van der Waals surface area (Å²) in [6.07, 6.45) is -0.631. The number of carbonyl (C=O) groups is 2. The monoisotopic (exact) mass is 412 g/mol. The van der Waals surface area contributed by atoms with Gasteiger partial charge in [-0.1, -0.05) is 6.07 Å². The summed E-state index contributed by atoms with van der Waals surface area (Å²) in [7, 11) is -4.58. The van der Waals surface area contributed by atoms with Gasteiger partial charge >= 0.3 is 11.9 Å². The molecular weight excluding hydrogens is 400 g/mol. The Morgan fingerprint density at radius 3 is 1.93 bits per heavy atom. The first-order chi connectivity index (χ1) is 13.0. The fourth-order valence-electron chi connectivity index (χ4n) is 2.74. The van der Waals surface area contributed by atoms with Crippen molar-refractivity contribution in [1.82, 2.24) is 0 Å². The van der Waals surface area contributed by atoms with Gasteiger partial charge in [0.25, 0.3) is 11.4 Å². The highest BCUT2D eigenvalue weighted by molar-refractivity contribution is 7.92. The van der Waals surface area contributed by atoms with Crippen LogP contribution in [0, 0.1) is 20.2 Å². The van der Waals surface area contributed by atoms with Crippen molar-refractivity contribution < 1.29 is 38.1 Å². The largest absolute Gasteiger partial charge is 0.481 e. The van der Waals surface area contributed by atoms with Gasteiger partial charge in [0.1, 0.15) is 4.90 Å². The summed E-state index contributed by atoms with van der Waals surface area (Å²) in [5.74, 6) is -4.31. The number of nitro benzene ring substituents is 2. The van der Waals surface area contributed by atoms with Crippen LogP contribution in [0.3, 0.4) is 0 Å². The van der Waals surface area contributed by atoms with Gasteiger partial charge in [-0.2, -0.15) is 0 Å². The number of benzene rings is 2. The molecule has 0 aliphatic rings. The van der Waals surface area contributed by atoms with Crippen molar-refractivity contribution in [2.45, 2.75) is 17.7 Å². The molecule has 0 radical (unpaired) electrons. The minimum absolute atomic E-state index is 0.00958. The standard InChI is InChI=1S/C15H12N2O10S/c18-12(19)6-2-8-1-3-10-9(14(8)16(22)23)4-5-11(15(10)17(24)25)28(26,27)7-13(20)21/h1,3-5H,2,6-7H2,(H,18,19)(H,20,21). The summed E-state index contributed by atoms with van der Waals surface area (Å²) in [5.41, 5.74) is -1.55. The zero-order valence-corrected chi connectivity index (χ0v) is 14.7. The maximum atomic E-state index is 12.2. The topological polar surface area (TPSA) is 195 Å². The summed E-state index contributed by atoms with van der Waals surface area (Å²) >= 11 is 0. The van der Waals surface area contributed by atoms with Crippen molar-refractivity contribution in [2.75, 3.05) is 5.75 Å². The van der Waals surface area contributed by atoms with Gasteiger partial charge in [0.2, 0.25) is 0 Å². The van der Waals surface area contributed by atoms with Gasteiger partial charge in [-0.05, 0) is 24.6 Å². The van der Waals surface area contributed by atoms with Crippen LogP contribution >= 0.6 is 0 Å². The Morgan fingerprint density at radius 1 is 0.893 bits per heavy atom. The average molecular weight is 412 g/mol. The number of hydrogen-bond acceptors (Lipinski definition) is 8. The van der Waals surface area contributed by atoms with Crippen molar-refractivity contribution in [1.29, 1.82) is 0 Å². The van der Waals surface area contributed by atoms with Gasteiger partial charge in [0.15, 0.2) is 15.6 Å². The fourth-order valence-corrected chi connectivity index (χ4v) is 3.97. The van der Waals surface area contributed by atoms with Gasteiger partial charge in [-0.25, -0.2) is 8.42 Å². The molecule has 0 aliphatic carbocycles. The van der Waals surface area contributed by atoms with E-state index >= 15 is 0 Å². The van der Waals surface area contributed by atoms with E-state index in [0.29, 0.717) is 0 Å². The molecule has 0 heterocycles. The third-order valence-electron chi connectivity index (χ3n) is 3.81. The molecule has 0 unspecified atom stereocenters. The Balaban J connectivity index is 2.85. The molecule has 2 N–H and O–H groups in total. The molecule has 0 saturated heterocycles. The zero-order valence-electron chi connectivity index (χ0n) is 13.9. The predicted octanol–water partition coefficient (Wildman–Crippen LogP) is 1.53. The summed E-state index contributed by atoms with van der Waals surface area (Å²) in [6.45, 7) is 0. The van der Waals surface area contributed by atoms with E-state index in [-0.39, 0.29) is 22.8 Å². The van der Waals surface area contributed by atoms with Crippen molar-refractivity contribution >= 4 is 43.9 Å². The molecule has 0 bridgehead atoms. The molecule has 13 heteroatoms. The van der Waals surface area contributed by atoms with Crippen molar-refractivity contribution in [2.24, 2.45) is 0 Å². The van der Waals surface area contributed by atoms with Crippen molar-refractivity contribution in [3.63, 3.8) is 0 Å². The van der Waals surface area contributed by atoms with Gasteiger partial charge in [0, 0.05) is 12.0 Å². The van der Waals surface area contributed by atoms with Gasteiger partial charge in [0.05, 0.1) is 20.6 Å².